The Hall–Kier alpha value is -0.900. The molecule has 0 unspecified atom stereocenters. The topological polar surface area (TPSA) is 57.6 Å². The third-order valence-electron chi connectivity index (χ3n) is 2.94. The number of aliphatic hydroxyl groups excluding tert-OH is 1. The number of hydrogen-bond acceptors (Lipinski definition) is 3. The van der Waals surface area contributed by atoms with Gasteiger partial charge >= 0.3 is 0 Å². The zero-order chi connectivity index (χ0) is 11.8. The average Bonchev–Trinajstić information content (AvgIpc) is 2.59. The van der Waals surface area contributed by atoms with Gasteiger partial charge in [0.1, 0.15) is 0 Å². The summed E-state index contributed by atoms with van der Waals surface area (Å²) in [6, 6.07) is 0. The fraction of sp³-hybridized carbons (Fsp3) is 0.833. The predicted octanol–water partition coefficient (Wildman–Crippen LogP) is 1.47. The Morgan fingerprint density at radius 2 is 1.38 bits per heavy atom. The molecule has 16 heavy (non-hydrogen) atoms. The monoisotopic (exact) mass is 227 g/mol. The van der Waals surface area contributed by atoms with E-state index in [0.29, 0.717) is 19.4 Å². The molecule has 1 saturated heterocycles. The second-order valence-electron chi connectivity index (χ2n) is 4.28. The maximum Gasteiger partial charge on any atom is 0.229 e. The number of aliphatic hydroxyl groups is 1. The molecule has 92 valence electrons. The minimum atomic E-state index is -0.00900. The van der Waals surface area contributed by atoms with Crippen LogP contribution in [0.25, 0.3) is 0 Å². The van der Waals surface area contributed by atoms with Crippen molar-refractivity contribution < 1.29 is 14.7 Å². The Morgan fingerprint density at radius 1 is 0.875 bits per heavy atom. The Labute approximate surface area is 96.6 Å². The number of hydrogen-bond donors (Lipinski definition) is 1. The highest BCUT2D eigenvalue weighted by Gasteiger charge is 2.27. The lowest BCUT2D eigenvalue weighted by molar-refractivity contribution is -0.138. The Morgan fingerprint density at radius 3 is 1.94 bits per heavy atom. The number of carbonyl (C=O) groups excluding carboxylic acids is 2. The standard InChI is InChI=1S/C12H21NO3/c14-10-6-4-2-1-3-5-9-13-11(15)7-8-12(13)16/h14H,1-10H2. The second kappa shape index (κ2) is 7.39. The van der Waals surface area contributed by atoms with E-state index in [1.54, 1.807) is 0 Å². The Bertz CT molecular complexity index is 224. The van der Waals surface area contributed by atoms with E-state index in [0.717, 1.165) is 38.5 Å². The molecule has 0 radical (unpaired) electrons. The molecule has 1 aliphatic heterocycles. The lowest BCUT2D eigenvalue weighted by Crippen LogP contribution is -2.29. The van der Waals surface area contributed by atoms with Crippen molar-refractivity contribution in [2.45, 2.75) is 51.4 Å². The number of amides is 2. The molecule has 0 aromatic rings. The van der Waals surface area contributed by atoms with E-state index in [1.807, 2.05) is 0 Å². The van der Waals surface area contributed by atoms with Crippen LogP contribution in [-0.2, 0) is 9.59 Å². The van der Waals surface area contributed by atoms with Gasteiger partial charge in [-0.25, -0.2) is 0 Å². The minimum absolute atomic E-state index is 0.00900. The SMILES string of the molecule is O=C1CCC(=O)N1CCCCCCCCO. The number of carbonyl (C=O) groups is 2. The number of rotatable bonds is 8. The summed E-state index contributed by atoms with van der Waals surface area (Å²) in [6.07, 6.45) is 6.96. The highest BCUT2D eigenvalue weighted by Crippen LogP contribution is 2.13. The Balaban J connectivity index is 1.98. The van der Waals surface area contributed by atoms with Gasteiger partial charge in [-0.2, -0.15) is 0 Å². The molecule has 0 aliphatic carbocycles. The quantitative estimate of drug-likeness (QED) is 0.504. The summed E-state index contributed by atoms with van der Waals surface area (Å²) in [5, 5.41) is 8.59. The van der Waals surface area contributed by atoms with Crippen LogP contribution in [0.2, 0.25) is 0 Å². The molecule has 1 N–H and O–H groups in total. The van der Waals surface area contributed by atoms with Crippen molar-refractivity contribution >= 4 is 11.8 Å². The maximum atomic E-state index is 11.3. The van der Waals surface area contributed by atoms with Gasteiger partial charge in [0.25, 0.3) is 0 Å². The third-order valence-corrected chi connectivity index (χ3v) is 2.94. The summed E-state index contributed by atoms with van der Waals surface area (Å²) in [7, 11) is 0. The van der Waals surface area contributed by atoms with Crippen molar-refractivity contribution in [1.29, 1.82) is 0 Å². The summed E-state index contributed by atoms with van der Waals surface area (Å²) in [5.74, 6) is -0.0180. The molecular formula is C12H21NO3. The van der Waals surface area contributed by atoms with E-state index in [4.69, 9.17) is 5.11 Å². The van der Waals surface area contributed by atoms with Crippen LogP contribution in [0.1, 0.15) is 51.4 Å². The van der Waals surface area contributed by atoms with Crippen molar-refractivity contribution in [2.24, 2.45) is 0 Å². The molecule has 0 aromatic heterocycles. The van der Waals surface area contributed by atoms with Crippen LogP contribution < -0.4 is 0 Å². The summed E-state index contributed by atoms with van der Waals surface area (Å²) < 4.78 is 0. The van der Waals surface area contributed by atoms with Gasteiger partial charge < -0.3 is 5.11 Å². The molecule has 1 rings (SSSR count). The highest BCUT2D eigenvalue weighted by molar-refractivity contribution is 6.01. The van der Waals surface area contributed by atoms with E-state index in [9.17, 15) is 9.59 Å². The summed E-state index contributed by atoms with van der Waals surface area (Å²) in [6.45, 7) is 0.869. The molecule has 4 heteroatoms. The van der Waals surface area contributed by atoms with Gasteiger partial charge in [-0.15, -0.1) is 0 Å². The normalized spacial score (nSPS) is 16.2. The lowest BCUT2D eigenvalue weighted by atomic mass is 10.1. The molecule has 2 amide bonds. The fourth-order valence-corrected chi connectivity index (χ4v) is 1.96. The van der Waals surface area contributed by atoms with Crippen molar-refractivity contribution in [3.8, 4) is 0 Å². The van der Waals surface area contributed by atoms with E-state index in [2.05, 4.69) is 0 Å². The van der Waals surface area contributed by atoms with E-state index >= 15 is 0 Å². The van der Waals surface area contributed by atoms with Crippen molar-refractivity contribution in [2.75, 3.05) is 13.2 Å². The number of likely N-dealkylation sites (tertiary alicyclic amines) is 1. The molecule has 0 bridgehead atoms. The smallest absolute Gasteiger partial charge is 0.229 e. The fourth-order valence-electron chi connectivity index (χ4n) is 1.96. The summed E-state index contributed by atoms with van der Waals surface area (Å²) in [4.78, 5) is 23.9. The van der Waals surface area contributed by atoms with Gasteiger partial charge in [-0.1, -0.05) is 25.7 Å². The number of imide groups is 1. The van der Waals surface area contributed by atoms with E-state index < -0.39 is 0 Å². The molecule has 1 fully saturated rings. The van der Waals surface area contributed by atoms with Crippen LogP contribution in [0.5, 0.6) is 0 Å². The van der Waals surface area contributed by atoms with Crippen molar-refractivity contribution in [3.05, 3.63) is 0 Å². The molecule has 0 spiro atoms. The first kappa shape index (κ1) is 13.2. The van der Waals surface area contributed by atoms with Gasteiger partial charge in [0.2, 0.25) is 11.8 Å². The van der Waals surface area contributed by atoms with Crippen LogP contribution in [0.3, 0.4) is 0 Å². The van der Waals surface area contributed by atoms with Crippen molar-refractivity contribution in [1.82, 2.24) is 4.90 Å². The van der Waals surface area contributed by atoms with Gasteiger partial charge in [0.15, 0.2) is 0 Å². The maximum absolute atomic E-state index is 11.3. The number of nitrogens with zero attached hydrogens (tertiary/aromatic N) is 1. The molecule has 0 aromatic carbocycles. The van der Waals surface area contributed by atoms with Gasteiger partial charge in [-0.05, 0) is 12.8 Å². The first-order chi connectivity index (χ1) is 7.75. The number of unbranched alkanes of at least 4 members (excludes halogenated alkanes) is 5. The van der Waals surface area contributed by atoms with Crippen LogP contribution in [0, 0.1) is 0 Å². The molecule has 1 aliphatic rings. The first-order valence-electron chi connectivity index (χ1n) is 6.20. The van der Waals surface area contributed by atoms with E-state index in [-0.39, 0.29) is 18.4 Å². The predicted molar refractivity (Wildman–Crippen MR) is 60.7 cm³/mol. The van der Waals surface area contributed by atoms with Crippen molar-refractivity contribution in [3.63, 3.8) is 0 Å². The van der Waals surface area contributed by atoms with Gasteiger partial charge in [-0.3, -0.25) is 14.5 Å². The first-order valence-corrected chi connectivity index (χ1v) is 6.20. The lowest BCUT2D eigenvalue weighted by Gasteiger charge is -2.12. The van der Waals surface area contributed by atoms with Crippen LogP contribution in [-0.4, -0.2) is 35.0 Å². The van der Waals surface area contributed by atoms with Gasteiger partial charge in [0, 0.05) is 26.0 Å². The summed E-state index contributed by atoms with van der Waals surface area (Å²) >= 11 is 0. The third kappa shape index (κ3) is 4.31. The Kier molecular flexibility index (Phi) is 6.08. The second-order valence-corrected chi connectivity index (χ2v) is 4.28. The van der Waals surface area contributed by atoms with E-state index in [1.165, 1.54) is 4.90 Å². The zero-order valence-corrected chi connectivity index (χ0v) is 9.78. The summed E-state index contributed by atoms with van der Waals surface area (Å²) in [5.41, 5.74) is 0. The minimum Gasteiger partial charge on any atom is -0.396 e. The van der Waals surface area contributed by atoms with Crippen LogP contribution >= 0.6 is 0 Å². The van der Waals surface area contributed by atoms with Crippen LogP contribution in [0.4, 0.5) is 0 Å². The molecule has 0 atom stereocenters. The molecule has 1 heterocycles. The van der Waals surface area contributed by atoms with Crippen LogP contribution in [0.15, 0.2) is 0 Å². The average molecular weight is 227 g/mol. The molecule has 4 nitrogen and oxygen atoms in total. The molecular weight excluding hydrogens is 206 g/mol. The van der Waals surface area contributed by atoms with Gasteiger partial charge in [0.05, 0.1) is 0 Å². The molecule has 0 saturated carbocycles. The zero-order valence-electron chi connectivity index (χ0n) is 9.78. The largest absolute Gasteiger partial charge is 0.396 e. The highest BCUT2D eigenvalue weighted by atomic mass is 16.3.